The highest BCUT2D eigenvalue weighted by Crippen LogP contribution is 2.27. The van der Waals surface area contributed by atoms with Crippen LogP contribution in [0.2, 0.25) is 0 Å². The molecule has 1 fully saturated rings. The molecule has 172 valence electrons. The summed E-state index contributed by atoms with van der Waals surface area (Å²) in [6, 6.07) is 10.8. The average molecular weight is 455 g/mol. The summed E-state index contributed by atoms with van der Waals surface area (Å²) in [6.45, 7) is 8.61. The maximum atomic E-state index is 4.69. The molecule has 1 saturated heterocycles. The van der Waals surface area contributed by atoms with E-state index in [1.165, 1.54) is 0 Å². The quantitative estimate of drug-likeness (QED) is 0.417. The molecule has 0 atom stereocenters. The number of nitrogens with zero attached hydrogens (tertiary/aromatic N) is 8. The van der Waals surface area contributed by atoms with Gasteiger partial charge in [0.2, 0.25) is 0 Å². The predicted octanol–water partition coefficient (Wildman–Crippen LogP) is 3.34. The topological polar surface area (TPSA) is 103 Å². The van der Waals surface area contributed by atoms with Gasteiger partial charge in [-0.3, -0.25) is 10.00 Å². The number of aromatic amines is 1. The summed E-state index contributed by atoms with van der Waals surface area (Å²) < 4.78 is 1.79. The smallest absolute Gasteiger partial charge is 0.199 e. The highest BCUT2D eigenvalue weighted by molar-refractivity contribution is 5.84. The minimum Gasteiger partial charge on any atom is -0.354 e. The third-order valence-electron chi connectivity index (χ3n) is 6.42. The molecule has 0 amide bonds. The lowest BCUT2D eigenvalue weighted by Gasteiger charge is -2.37. The van der Waals surface area contributed by atoms with Gasteiger partial charge in [-0.05, 0) is 32.0 Å². The molecule has 0 unspecified atom stereocenters. The molecule has 0 spiro atoms. The molecule has 1 aliphatic heterocycles. The number of pyridine rings is 1. The fraction of sp³-hybridized carbons (Fsp3) is 0.292. The number of nitrogens with one attached hydrogen (secondary N) is 2. The number of aromatic nitrogens is 7. The molecule has 5 heterocycles. The molecule has 1 aliphatic rings. The minimum absolute atomic E-state index is 0.586. The first-order valence-corrected chi connectivity index (χ1v) is 11.5. The summed E-state index contributed by atoms with van der Waals surface area (Å²) in [6.07, 6.45) is 7.00. The number of fused-ring (bicyclic) bond motifs is 2. The molecule has 1 aromatic carbocycles. The first-order valence-electron chi connectivity index (χ1n) is 11.5. The predicted molar refractivity (Wildman–Crippen MR) is 132 cm³/mol. The van der Waals surface area contributed by atoms with Gasteiger partial charge in [0, 0.05) is 43.2 Å². The Kier molecular flexibility index (Phi) is 5.06. The Labute approximate surface area is 196 Å². The molecule has 10 nitrogen and oxygen atoms in total. The molecule has 0 radical (unpaired) electrons. The Morgan fingerprint density at radius 1 is 0.941 bits per heavy atom. The number of benzene rings is 1. The van der Waals surface area contributed by atoms with E-state index in [4.69, 9.17) is 4.98 Å². The number of piperazine rings is 1. The van der Waals surface area contributed by atoms with E-state index in [1.54, 1.807) is 23.2 Å². The zero-order valence-electron chi connectivity index (χ0n) is 19.2. The van der Waals surface area contributed by atoms with Crippen molar-refractivity contribution in [2.24, 2.45) is 0 Å². The first kappa shape index (κ1) is 20.5. The SMILES string of the molecule is CC(C)N1CCN(c2ccc(Nc3ncc(-c4ccc5cn[nH]c5c4)n4ncnc34)cn2)CC1. The van der Waals surface area contributed by atoms with Gasteiger partial charge in [-0.25, -0.2) is 19.5 Å². The summed E-state index contributed by atoms with van der Waals surface area (Å²) in [5, 5.41) is 15.9. The molecular weight excluding hydrogens is 428 g/mol. The van der Waals surface area contributed by atoms with E-state index in [2.05, 4.69) is 60.3 Å². The maximum Gasteiger partial charge on any atom is 0.199 e. The van der Waals surface area contributed by atoms with Gasteiger partial charge in [0.1, 0.15) is 12.1 Å². The first-order chi connectivity index (χ1) is 16.7. The Morgan fingerprint density at radius 2 is 1.82 bits per heavy atom. The Hall–Kier alpha value is -4.05. The standard InChI is InChI=1S/C24H26N10/c1-16(2)32-7-9-33(10-8-32)22-6-5-19(13-25-22)30-23-24-27-15-29-34(24)21(14-26-23)17-3-4-18-12-28-31-20(18)11-17/h3-6,11-16H,7-10H2,1-2H3,(H,26,30)(H,28,31). The van der Waals surface area contributed by atoms with Crippen LogP contribution in [0, 0.1) is 0 Å². The van der Waals surface area contributed by atoms with Crippen LogP contribution in [0.1, 0.15) is 13.8 Å². The molecular formula is C24H26N10. The fourth-order valence-electron chi connectivity index (χ4n) is 4.45. The second kappa shape index (κ2) is 8.38. The van der Waals surface area contributed by atoms with Crippen LogP contribution >= 0.6 is 0 Å². The molecule has 0 saturated carbocycles. The van der Waals surface area contributed by atoms with Gasteiger partial charge in [-0.15, -0.1) is 0 Å². The van der Waals surface area contributed by atoms with Crippen molar-refractivity contribution >= 4 is 33.9 Å². The lowest BCUT2D eigenvalue weighted by molar-refractivity contribution is 0.209. The van der Waals surface area contributed by atoms with Crippen LogP contribution in [0.5, 0.6) is 0 Å². The molecule has 0 bridgehead atoms. The van der Waals surface area contributed by atoms with Crippen LogP contribution in [0.4, 0.5) is 17.3 Å². The van der Waals surface area contributed by atoms with Crippen LogP contribution < -0.4 is 10.2 Å². The second-order valence-corrected chi connectivity index (χ2v) is 8.81. The highest BCUT2D eigenvalue weighted by Gasteiger charge is 2.20. The normalized spacial score (nSPS) is 15.0. The summed E-state index contributed by atoms with van der Waals surface area (Å²) in [7, 11) is 0. The van der Waals surface area contributed by atoms with Crippen molar-refractivity contribution in [3.63, 3.8) is 0 Å². The largest absolute Gasteiger partial charge is 0.354 e. The van der Waals surface area contributed by atoms with Gasteiger partial charge < -0.3 is 10.2 Å². The minimum atomic E-state index is 0.586. The third-order valence-corrected chi connectivity index (χ3v) is 6.42. The van der Waals surface area contributed by atoms with Crippen LogP contribution in [-0.4, -0.2) is 71.9 Å². The fourth-order valence-corrected chi connectivity index (χ4v) is 4.45. The molecule has 34 heavy (non-hydrogen) atoms. The number of hydrogen-bond acceptors (Lipinski definition) is 8. The van der Waals surface area contributed by atoms with E-state index in [9.17, 15) is 0 Å². The van der Waals surface area contributed by atoms with Gasteiger partial charge in [0.05, 0.1) is 35.5 Å². The van der Waals surface area contributed by atoms with Crippen molar-refractivity contribution in [2.45, 2.75) is 19.9 Å². The monoisotopic (exact) mass is 454 g/mol. The zero-order valence-corrected chi connectivity index (χ0v) is 19.2. The number of hydrogen-bond donors (Lipinski definition) is 2. The van der Waals surface area contributed by atoms with E-state index in [0.29, 0.717) is 17.5 Å². The van der Waals surface area contributed by atoms with E-state index < -0.39 is 0 Å². The Balaban J connectivity index is 1.22. The van der Waals surface area contributed by atoms with Crippen LogP contribution in [0.25, 0.3) is 27.8 Å². The average Bonchev–Trinajstić information content (AvgIpc) is 3.54. The van der Waals surface area contributed by atoms with E-state index >= 15 is 0 Å². The van der Waals surface area contributed by atoms with Crippen LogP contribution in [0.3, 0.4) is 0 Å². The van der Waals surface area contributed by atoms with Crippen LogP contribution in [0.15, 0.2) is 55.2 Å². The number of H-pyrrole nitrogens is 1. The van der Waals surface area contributed by atoms with E-state index in [-0.39, 0.29) is 0 Å². The molecule has 4 aromatic heterocycles. The van der Waals surface area contributed by atoms with E-state index in [0.717, 1.165) is 59.8 Å². The van der Waals surface area contributed by atoms with Crippen molar-refractivity contribution in [3.8, 4) is 11.3 Å². The zero-order chi connectivity index (χ0) is 23.1. The van der Waals surface area contributed by atoms with Crippen molar-refractivity contribution in [2.75, 3.05) is 36.4 Å². The molecule has 10 heteroatoms. The second-order valence-electron chi connectivity index (χ2n) is 8.81. The molecule has 5 aromatic rings. The molecule has 6 rings (SSSR count). The van der Waals surface area contributed by atoms with Gasteiger partial charge >= 0.3 is 0 Å². The van der Waals surface area contributed by atoms with Crippen molar-refractivity contribution in [1.29, 1.82) is 0 Å². The van der Waals surface area contributed by atoms with Gasteiger partial charge in [0.15, 0.2) is 11.5 Å². The van der Waals surface area contributed by atoms with Gasteiger partial charge in [-0.1, -0.05) is 12.1 Å². The van der Waals surface area contributed by atoms with Crippen molar-refractivity contribution in [3.05, 3.63) is 55.2 Å². The van der Waals surface area contributed by atoms with Crippen molar-refractivity contribution < 1.29 is 0 Å². The Bertz CT molecular complexity index is 1430. The summed E-state index contributed by atoms with van der Waals surface area (Å²) in [5.41, 5.74) is 4.30. The number of anilines is 3. The van der Waals surface area contributed by atoms with E-state index in [1.807, 2.05) is 30.5 Å². The highest BCUT2D eigenvalue weighted by atomic mass is 15.3. The summed E-state index contributed by atoms with van der Waals surface area (Å²) in [4.78, 5) is 18.6. The lowest BCUT2D eigenvalue weighted by atomic mass is 10.1. The lowest BCUT2D eigenvalue weighted by Crippen LogP contribution is -2.49. The maximum absolute atomic E-state index is 4.69. The van der Waals surface area contributed by atoms with Gasteiger partial charge in [-0.2, -0.15) is 10.2 Å². The third kappa shape index (κ3) is 3.71. The summed E-state index contributed by atoms with van der Waals surface area (Å²) >= 11 is 0. The summed E-state index contributed by atoms with van der Waals surface area (Å²) in [5.74, 6) is 1.63. The Morgan fingerprint density at radius 3 is 2.62 bits per heavy atom. The van der Waals surface area contributed by atoms with Crippen LogP contribution in [-0.2, 0) is 0 Å². The molecule has 2 N–H and O–H groups in total. The number of rotatable bonds is 5. The van der Waals surface area contributed by atoms with Crippen molar-refractivity contribution in [1.82, 2.24) is 39.7 Å². The molecule has 0 aliphatic carbocycles. The van der Waals surface area contributed by atoms with Gasteiger partial charge in [0.25, 0.3) is 0 Å².